The lowest BCUT2D eigenvalue weighted by Gasteiger charge is -2.06. The number of halogens is 1. The van der Waals surface area contributed by atoms with Crippen molar-refractivity contribution < 1.29 is 4.39 Å². The van der Waals surface area contributed by atoms with Crippen LogP contribution >= 0.6 is 0 Å². The molecule has 2 aromatic carbocycles. The predicted octanol–water partition coefficient (Wildman–Crippen LogP) is 3.47. The van der Waals surface area contributed by atoms with E-state index in [-0.39, 0.29) is 5.82 Å². The Kier molecular flexibility index (Phi) is 4.48. The topological polar surface area (TPSA) is 12.0 Å². The Morgan fingerprint density at radius 1 is 1.06 bits per heavy atom. The summed E-state index contributed by atoms with van der Waals surface area (Å²) in [5, 5.41) is 3.34. The lowest BCUT2D eigenvalue weighted by Crippen LogP contribution is -2.17. The van der Waals surface area contributed by atoms with E-state index in [1.807, 2.05) is 12.1 Å². The maximum atomic E-state index is 13.4. The molecule has 0 bridgehead atoms. The summed E-state index contributed by atoms with van der Waals surface area (Å²) in [7, 11) is 0. The first-order valence-corrected chi connectivity index (χ1v) is 6.25. The fourth-order valence-corrected chi connectivity index (χ4v) is 1.98. The molecule has 0 aliphatic heterocycles. The van der Waals surface area contributed by atoms with E-state index in [9.17, 15) is 4.39 Å². The minimum absolute atomic E-state index is 0.116. The van der Waals surface area contributed by atoms with Crippen molar-refractivity contribution in [2.45, 2.75) is 19.9 Å². The number of aryl methyl sites for hydroxylation is 1. The van der Waals surface area contributed by atoms with Crippen LogP contribution in [0.15, 0.2) is 48.5 Å². The summed E-state index contributed by atoms with van der Waals surface area (Å²) >= 11 is 0. The summed E-state index contributed by atoms with van der Waals surface area (Å²) in [5.41, 5.74) is 3.31. The second kappa shape index (κ2) is 6.31. The van der Waals surface area contributed by atoms with Gasteiger partial charge in [0.05, 0.1) is 0 Å². The lowest BCUT2D eigenvalue weighted by atomic mass is 10.1. The highest BCUT2D eigenvalue weighted by atomic mass is 19.1. The van der Waals surface area contributed by atoms with Crippen LogP contribution in [0.4, 0.5) is 4.39 Å². The minimum Gasteiger partial charge on any atom is -0.312 e. The van der Waals surface area contributed by atoms with E-state index in [2.05, 4.69) is 36.5 Å². The van der Waals surface area contributed by atoms with E-state index in [0.717, 1.165) is 25.1 Å². The Bertz CT molecular complexity index is 508. The van der Waals surface area contributed by atoms with Crippen LogP contribution in [0.5, 0.6) is 0 Å². The molecule has 2 rings (SSSR count). The Labute approximate surface area is 108 Å². The van der Waals surface area contributed by atoms with Crippen molar-refractivity contribution in [2.75, 3.05) is 6.54 Å². The third-order valence-electron chi connectivity index (χ3n) is 2.94. The van der Waals surface area contributed by atoms with Crippen LogP contribution in [0.3, 0.4) is 0 Å². The fourth-order valence-electron chi connectivity index (χ4n) is 1.98. The van der Waals surface area contributed by atoms with Gasteiger partial charge in [-0.25, -0.2) is 4.39 Å². The second-order valence-electron chi connectivity index (χ2n) is 4.51. The molecule has 0 aromatic heterocycles. The van der Waals surface area contributed by atoms with Crippen molar-refractivity contribution in [3.63, 3.8) is 0 Å². The van der Waals surface area contributed by atoms with Crippen molar-refractivity contribution in [1.82, 2.24) is 5.32 Å². The molecular formula is C16H18FN. The molecule has 0 spiro atoms. The van der Waals surface area contributed by atoms with Gasteiger partial charge in [-0.3, -0.25) is 0 Å². The summed E-state index contributed by atoms with van der Waals surface area (Å²) < 4.78 is 13.4. The maximum absolute atomic E-state index is 13.4. The molecule has 18 heavy (non-hydrogen) atoms. The molecule has 0 atom stereocenters. The molecule has 1 N–H and O–H groups in total. The highest BCUT2D eigenvalue weighted by molar-refractivity contribution is 5.22. The Hall–Kier alpha value is -1.67. The van der Waals surface area contributed by atoms with Crippen LogP contribution < -0.4 is 5.32 Å². The molecule has 0 saturated heterocycles. The van der Waals surface area contributed by atoms with E-state index in [1.54, 1.807) is 6.07 Å². The molecular weight excluding hydrogens is 225 g/mol. The van der Waals surface area contributed by atoms with Crippen molar-refractivity contribution in [3.05, 3.63) is 71.0 Å². The van der Waals surface area contributed by atoms with Gasteiger partial charge in [-0.2, -0.15) is 0 Å². The third kappa shape index (κ3) is 3.67. The summed E-state index contributed by atoms with van der Waals surface area (Å²) in [5.74, 6) is -0.116. The first kappa shape index (κ1) is 12.8. The van der Waals surface area contributed by atoms with Gasteiger partial charge < -0.3 is 5.32 Å². The van der Waals surface area contributed by atoms with Gasteiger partial charge in [-0.15, -0.1) is 0 Å². The van der Waals surface area contributed by atoms with Gasteiger partial charge in [0.25, 0.3) is 0 Å². The zero-order valence-corrected chi connectivity index (χ0v) is 10.6. The van der Waals surface area contributed by atoms with Crippen LogP contribution in [-0.4, -0.2) is 6.54 Å². The van der Waals surface area contributed by atoms with Gasteiger partial charge in [0.15, 0.2) is 0 Å². The molecule has 0 fully saturated rings. The summed E-state index contributed by atoms with van der Waals surface area (Å²) in [6.45, 7) is 3.70. The van der Waals surface area contributed by atoms with E-state index in [1.165, 1.54) is 17.2 Å². The zero-order valence-electron chi connectivity index (χ0n) is 10.6. The van der Waals surface area contributed by atoms with Crippen LogP contribution in [0.1, 0.15) is 16.7 Å². The molecule has 2 heteroatoms. The summed E-state index contributed by atoms with van der Waals surface area (Å²) in [6.07, 6.45) is 0.721. The Balaban J connectivity index is 1.78. The average Bonchev–Trinajstić information content (AvgIpc) is 2.37. The molecule has 1 nitrogen and oxygen atoms in total. The highest BCUT2D eigenvalue weighted by Crippen LogP contribution is 2.07. The van der Waals surface area contributed by atoms with Crippen molar-refractivity contribution in [2.24, 2.45) is 0 Å². The Morgan fingerprint density at radius 2 is 1.89 bits per heavy atom. The van der Waals surface area contributed by atoms with Crippen molar-refractivity contribution >= 4 is 0 Å². The molecule has 0 aliphatic carbocycles. The van der Waals surface area contributed by atoms with Crippen molar-refractivity contribution in [3.8, 4) is 0 Å². The monoisotopic (exact) mass is 243 g/mol. The average molecular weight is 243 g/mol. The maximum Gasteiger partial charge on any atom is 0.126 e. The number of benzene rings is 2. The minimum atomic E-state index is -0.116. The first-order chi connectivity index (χ1) is 8.75. The van der Waals surface area contributed by atoms with E-state index < -0.39 is 0 Å². The van der Waals surface area contributed by atoms with Gasteiger partial charge in [-0.05, 0) is 37.1 Å². The predicted molar refractivity (Wildman–Crippen MR) is 73.0 cm³/mol. The highest BCUT2D eigenvalue weighted by Gasteiger charge is 1.99. The molecule has 0 radical (unpaired) electrons. The van der Waals surface area contributed by atoms with Crippen LogP contribution in [0.25, 0.3) is 0 Å². The van der Waals surface area contributed by atoms with E-state index in [0.29, 0.717) is 0 Å². The van der Waals surface area contributed by atoms with Gasteiger partial charge in [0, 0.05) is 6.54 Å². The molecule has 2 aromatic rings. The Morgan fingerprint density at radius 3 is 2.67 bits per heavy atom. The number of hydrogen-bond acceptors (Lipinski definition) is 1. The fraction of sp³-hybridized carbons (Fsp3) is 0.250. The largest absolute Gasteiger partial charge is 0.312 e. The summed E-state index contributed by atoms with van der Waals surface area (Å²) in [4.78, 5) is 0. The molecule has 0 amide bonds. The molecule has 0 aliphatic rings. The van der Waals surface area contributed by atoms with Crippen molar-refractivity contribution in [1.29, 1.82) is 0 Å². The summed E-state index contributed by atoms with van der Waals surface area (Å²) in [6, 6.07) is 15.4. The smallest absolute Gasteiger partial charge is 0.126 e. The van der Waals surface area contributed by atoms with Gasteiger partial charge in [0.2, 0.25) is 0 Å². The van der Waals surface area contributed by atoms with E-state index >= 15 is 0 Å². The van der Waals surface area contributed by atoms with E-state index in [4.69, 9.17) is 0 Å². The number of rotatable bonds is 5. The normalized spacial score (nSPS) is 10.6. The first-order valence-electron chi connectivity index (χ1n) is 6.25. The van der Waals surface area contributed by atoms with Gasteiger partial charge in [-0.1, -0.05) is 48.0 Å². The van der Waals surface area contributed by atoms with Crippen LogP contribution in [0.2, 0.25) is 0 Å². The second-order valence-corrected chi connectivity index (χ2v) is 4.51. The molecule has 0 saturated carbocycles. The zero-order chi connectivity index (χ0) is 12.8. The quantitative estimate of drug-likeness (QED) is 0.793. The SMILES string of the molecule is Cc1cccc(CNCCc2ccccc2F)c1. The molecule has 0 unspecified atom stereocenters. The van der Waals surface area contributed by atoms with Crippen LogP contribution in [0, 0.1) is 12.7 Å². The van der Waals surface area contributed by atoms with Crippen LogP contribution in [-0.2, 0) is 13.0 Å². The number of nitrogens with one attached hydrogen (secondary N) is 1. The third-order valence-corrected chi connectivity index (χ3v) is 2.94. The molecule has 94 valence electrons. The van der Waals surface area contributed by atoms with Gasteiger partial charge in [0.1, 0.15) is 5.82 Å². The standard InChI is InChI=1S/C16H18FN/c1-13-5-4-6-14(11-13)12-18-10-9-15-7-2-3-8-16(15)17/h2-8,11,18H,9-10,12H2,1H3. The van der Waals surface area contributed by atoms with Gasteiger partial charge >= 0.3 is 0 Å². The number of hydrogen-bond donors (Lipinski definition) is 1. The lowest BCUT2D eigenvalue weighted by molar-refractivity contribution is 0.598. The molecule has 0 heterocycles.